The number of nitrogens with one attached hydrogen (secondary N) is 2. The van der Waals surface area contributed by atoms with E-state index in [1.165, 1.54) is 32.9 Å². The number of rotatable bonds is 5. The fourth-order valence-electron chi connectivity index (χ4n) is 2.26. The summed E-state index contributed by atoms with van der Waals surface area (Å²) in [5.74, 6) is -1.89. The Balaban J connectivity index is 2.44. The summed E-state index contributed by atoms with van der Waals surface area (Å²) in [6.07, 6.45) is 0. The predicted octanol–water partition coefficient (Wildman–Crippen LogP) is 1.58. The Morgan fingerprint density at radius 1 is 1.35 bits per heavy atom. The number of hydrogen-bond acceptors (Lipinski definition) is 4. The second kappa shape index (κ2) is 6.09. The van der Waals surface area contributed by atoms with Gasteiger partial charge in [-0.2, -0.15) is 9.82 Å². The number of halogens is 1. The number of hydrogen-bond donors (Lipinski definition) is 3. The number of benzene rings is 1. The van der Waals surface area contributed by atoms with E-state index in [9.17, 15) is 22.7 Å². The van der Waals surface area contributed by atoms with Gasteiger partial charge in [-0.15, -0.1) is 0 Å². The SMILES string of the molecule is Cc1cc(C(NS(=O)(=O)c2c(C)n[nH]c2C)C(=O)O)ccc1F. The third-order valence-corrected chi connectivity index (χ3v) is 5.05. The maximum absolute atomic E-state index is 13.3. The van der Waals surface area contributed by atoms with Gasteiger partial charge in [0.2, 0.25) is 10.0 Å². The summed E-state index contributed by atoms with van der Waals surface area (Å²) in [6.45, 7) is 4.48. The van der Waals surface area contributed by atoms with Gasteiger partial charge in [0.15, 0.2) is 0 Å². The molecule has 3 N–H and O–H groups in total. The van der Waals surface area contributed by atoms with Crippen LogP contribution in [0.2, 0.25) is 0 Å². The zero-order valence-electron chi connectivity index (χ0n) is 12.7. The van der Waals surface area contributed by atoms with E-state index < -0.39 is 27.9 Å². The Morgan fingerprint density at radius 2 is 2.00 bits per heavy atom. The number of aryl methyl sites for hydroxylation is 3. The van der Waals surface area contributed by atoms with Crippen LogP contribution in [0.1, 0.15) is 28.6 Å². The first-order valence-corrected chi connectivity index (χ1v) is 8.14. The van der Waals surface area contributed by atoms with Crippen LogP contribution < -0.4 is 4.72 Å². The molecule has 7 nitrogen and oxygen atoms in total. The Kier molecular flexibility index (Phi) is 4.53. The second-order valence-corrected chi connectivity index (χ2v) is 6.82. The first kappa shape index (κ1) is 17.1. The molecule has 1 aromatic heterocycles. The fourth-order valence-corrected chi connectivity index (χ4v) is 3.81. The van der Waals surface area contributed by atoms with E-state index in [1.54, 1.807) is 0 Å². The Labute approximate surface area is 132 Å². The van der Waals surface area contributed by atoms with E-state index in [0.29, 0.717) is 5.69 Å². The van der Waals surface area contributed by atoms with E-state index in [1.807, 2.05) is 0 Å². The Bertz CT molecular complexity index is 841. The van der Waals surface area contributed by atoms with Gasteiger partial charge >= 0.3 is 5.97 Å². The Morgan fingerprint density at radius 3 is 2.48 bits per heavy atom. The molecule has 23 heavy (non-hydrogen) atoms. The molecule has 1 atom stereocenters. The van der Waals surface area contributed by atoms with Gasteiger partial charge in [-0.3, -0.25) is 9.89 Å². The smallest absolute Gasteiger partial charge is 0.326 e. The molecule has 0 saturated heterocycles. The maximum Gasteiger partial charge on any atom is 0.326 e. The highest BCUT2D eigenvalue weighted by molar-refractivity contribution is 7.89. The molecular formula is C14H16FN3O4S. The van der Waals surface area contributed by atoms with Crippen molar-refractivity contribution in [3.05, 3.63) is 46.5 Å². The topological polar surface area (TPSA) is 112 Å². The van der Waals surface area contributed by atoms with Crippen LogP contribution in [0.4, 0.5) is 4.39 Å². The summed E-state index contributed by atoms with van der Waals surface area (Å²) >= 11 is 0. The lowest BCUT2D eigenvalue weighted by molar-refractivity contribution is -0.139. The van der Waals surface area contributed by atoms with Crippen LogP contribution in [0.25, 0.3) is 0 Å². The molecule has 2 rings (SSSR count). The van der Waals surface area contributed by atoms with Crippen molar-refractivity contribution >= 4 is 16.0 Å². The van der Waals surface area contributed by atoms with Crippen LogP contribution in [-0.2, 0) is 14.8 Å². The number of carboxylic acids is 1. The summed E-state index contributed by atoms with van der Waals surface area (Å²) < 4.78 is 40.4. The van der Waals surface area contributed by atoms with Crippen molar-refractivity contribution in [2.75, 3.05) is 0 Å². The average molecular weight is 341 g/mol. The molecule has 1 heterocycles. The normalized spacial score (nSPS) is 13.0. The average Bonchev–Trinajstić information content (AvgIpc) is 2.79. The largest absolute Gasteiger partial charge is 0.480 e. The van der Waals surface area contributed by atoms with E-state index in [2.05, 4.69) is 14.9 Å². The standard InChI is InChI=1S/C14H16FN3O4S/c1-7-6-10(4-5-11(7)15)12(14(19)20)18-23(21,22)13-8(2)16-17-9(13)3/h4-6,12,18H,1-3H3,(H,16,17)(H,19,20). The summed E-state index contributed by atoms with van der Waals surface area (Å²) in [5, 5.41) is 15.7. The minimum atomic E-state index is -4.11. The van der Waals surface area contributed by atoms with Crippen molar-refractivity contribution in [1.82, 2.24) is 14.9 Å². The van der Waals surface area contributed by atoms with E-state index >= 15 is 0 Å². The van der Waals surface area contributed by atoms with Gasteiger partial charge < -0.3 is 5.11 Å². The molecular weight excluding hydrogens is 325 g/mol. The van der Waals surface area contributed by atoms with Crippen LogP contribution in [0, 0.1) is 26.6 Å². The molecule has 1 unspecified atom stereocenters. The number of sulfonamides is 1. The van der Waals surface area contributed by atoms with Gasteiger partial charge in [0.05, 0.1) is 11.4 Å². The van der Waals surface area contributed by atoms with Gasteiger partial charge in [-0.1, -0.05) is 12.1 Å². The molecule has 0 amide bonds. The molecule has 0 fully saturated rings. The molecule has 1 aromatic carbocycles. The van der Waals surface area contributed by atoms with Gasteiger partial charge in [-0.25, -0.2) is 12.8 Å². The highest BCUT2D eigenvalue weighted by atomic mass is 32.2. The minimum absolute atomic E-state index is 0.0948. The molecule has 0 radical (unpaired) electrons. The molecule has 0 aliphatic rings. The van der Waals surface area contributed by atoms with Crippen LogP contribution in [-0.4, -0.2) is 29.7 Å². The zero-order valence-corrected chi connectivity index (χ0v) is 13.5. The lowest BCUT2D eigenvalue weighted by Crippen LogP contribution is -2.34. The van der Waals surface area contributed by atoms with Crippen molar-refractivity contribution in [3.8, 4) is 0 Å². The predicted molar refractivity (Wildman–Crippen MR) is 79.9 cm³/mol. The molecule has 0 saturated carbocycles. The number of H-pyrrole nitrogens is 1. The fraction of sp³-hybridized carbons (Fsp3) is 0.286. The molecule has 124 valence electrons. The molecule has 0 spiro atoms. The van der Waals surface area contributed by atoms with Gasteiger partial charge in [0.25, 0.3) is 0 Å². The lowest BCUT2D eigenvalue weighted by atomic mass is 10.1. The monoisotopic (exact) mass is 341 g/mol. The Hall–Kier alpha value is -2.26. The number of aromatic nitrogens is 2. The van der Waals surface area contributed by atoms with E-state index in [-0.39, 0.29) is 21.7 Å². The van der Waals surface area contributed by atoms with Gasteiger partial charge in [0.1, 0.15) is 16.8 Å². The van der Waals surface area contributed by atoms with Crippen molar-refractivity contribution in [1.29, 1.82) is 0 Å². The van der Waals surface area contributed by atoms with Crippen molar-refractivity contribution < 1.29 is 22.7 Å². The summed E-state index contributed by atoms with van der Waals surface area (Å²) in [6, 6.07) is 2.10. The van der Waals surface area contributed by atoms with Crippen LogP contribution in [0.3, 0.4) is 0 Å². The molecule has 0 aliphatic heterocycles. The maximum atomic E-state index is 13.3. The third-order valence-electron chi connectivity index (χ3n) is 3.36. The van der Waals surface area contributed by atoms with Gasteiger partial charge in [0, 0.05) is 0 Å². The number of aliphatic carboxylic acids is 1. The van der Waals surface area contributed by atoms with Crippen LogP contribution >= 0.6 is 0 Å². The highest BCUT2D eigenvalue weighted by Crippen LogP contribution is 2.22. The summed E-state index contributed by atoms with van der Waals surface area (Å²) in [7, 11) is -4.11. The first-order chi connectivity index (χ1) is 10.6. The van der Waals surface area contributed by atoms with Crippen LogP contribution in [0.5, 0.6) is 0 Å². The molecule has 9 heteroatoms. The van der Waals surface area contributed by atoms with Crippen molar-refractivity contribution in [2.45, 2.75) is 31.7 Å². The first-order valence-electron chi connectivity index (χ1n) is 6.66. The summed E-state index contributed by atoms with van der Waals surface area (Å²) in [5.41, 5.74) is 0.895. The number of aromatic amines is 1. The minimum Gasteiger partial charge on any atom is -0.480 e. The highest BCUT2D eigenvalue weighted by Gasteiger charge is 2.30. The molecule has 0 bridgehead atoms. The summed E-state index contributed by atoms with van der Waals surface area (Å²) in [4.78, 5) is 11.4. The van der Waals surface area contributed by atoms with Crippen LogP contribution in [0.15, 0.2) is 23.1 Å². The third kappa shape index (κ3) is 3.40. The number of carboxylic acid groups (broad SMARTS) is 1. The molecule has 2 aromatic rings. The lowest BCUT2D eigenvalue weighted by Gasteiger charge is -2.16. The quantitative estimate of drug-likeness (QED) is 0.764. The zero-order chi connectivity index (χ0) is 17.4. The van der Waals surface area contributed by atoms with E-state index in [0.717, 1.165) is 6.07 Å². The molecule has 0 aliphatic carbocycles. The van der Waals surface area contributed by atoms with Crippen molar-refractivity contribution in [2.24, 2.45) is 0 Å². The van der Waals surface area contributed by atoms with E-state index in [4.69, 9.17) is 0 Å². The van der Waals surface area contributed by atoms with Gasteiger partial charge in [-0.05, 0) is 38.0 Å². The number of carbonyl (C=O) groups is 1. The second-order valence-electron chi connectivity index (χ2n) is 5.16. The number of nitrogens with zero attached hydrogens (tertiary/aromatic N) is 1. The van der Waals surface area contributed by atoms with Crippen molar-refractivity contribution in [3.63, 3.8) is 0 Å².